The predicted molar refractivity (Wildman–Crippen MR) is 320 cm³/mol. The van der Waals surface area contributed by atoms with Crippen LogP contribution in [0.5, 0.6) is 0 Å². The number of carbonyl (C=O) groups is 3. The highest BCUT2D eigenvalue weighted by molar-refractivity contribution is 5.71. The molecule has 74 heavy (non-hydrogen) atoms. The van der Waals surface area contributed by atoms with Gasteiger partial charge in [-0.25, -0.2) is 0 Å². The van der Waals surface area contributed by atoms with Crippen LogP contribution in [0.4, 0.5) is 0 Å². The first-order valence-corrected chi connectivity index (χ1v) is 30.9. The Hall–Kier alpha value is -3.93. The number of allylic oxidation sites excluding steroid dienone is 18. The molecule has 0 aromatic carbocycles. The van der Waals surface area contributed by atoms with Gasteiger partial charge < -0.3 is 14.2 Å². The summed E-state index contributed by atoms with van der Waals surface area (Å²) in [6.45, 7) is 6.40. The highest BCUT2D eigenvalue weighted by atomic mass is 16.6. The van der Waals surface area contributed by atoms with Crippen LogP contribution in [0, 0.1) is 0 Å². The standard InChI is InChI=1S/C68H114O6/c1-4-7-10-13-16-19-22-25-28-31-34-37-40-43-46-49-52-55-58-61-67(70)73-64-65(63-72-66(69)60-57-54-51-48-45-42-39-36-33-30-27-24-21-18-15-12-9-6-3)74-68(71)62-59-56-53-50-47-44-41-38-35-32-29-26-23-20-17-14-11-8-5-2/h7-8,10-11,16-17,19-20,25-26,28-29,34-35,37-38,43,46,65H,4-6,9,12-15,18,21-24,27,30-33,36,39-42,44-45,47-64H2,1-3H3/b10-7-,11-8-,19-16-,20-17-,28-25-,29-26-,37-34-,38-35-,46-43-. The van der Waals surface area contributed by atoms with Crippen molar-refractivity contribution in [2.24, 2.45) is 0 Å². The molecule has 422 valence electrons. The van der Waals surface area contributed by atoms with Gasteiger partial charge in [0.25, 0.3) is 0 Å². The van der Waals surface area contributed by atoms with Gasteiger partial charge in [-0.3, -0.25) is 14.4 Å². The van der Waals surface area contributed by atoms with Gasteiger partial charge >= 0.3 is 17.9 Å². The molecule has 0 saturated heterocycles. The molecule has 6 nitrogen and oxygen atoms in total. The van der Waals surface area contributed by atoms with Crippen molar-refractivity contribution in [3.05, 3.63) is 109 Å². The Morgan fingerprint density at radius 3 is 0.838 bits per heavy atom. The second-order valence-electron chi connectivity index (χ2n) is 20.2. The number of unbranched alkanes of at least 4 members (excludes halogenated alkanes) is 26. The van der Waals surface area contributed by atoms with Crippen LogP contribution in [-0.2, 0) is 28.6 Å². The molecule has 0 bridgehead atoms. The Labute approximate surface area is 457 Å². The minimum atomic E-state index is -0.801. The maximum absolute atomic E-state index is 12.9. The minimum Gasteiger partial charge on any atom is -0.462 e. The van der Waals surface area contributed by atoms with Crippen LogP contribution in [-0.4, -0.2) is 37.2 Å². The van der Waals surface area contributed by atoms with E-state index in [4.69, 9.17) is 14.2 Å². The zero-order chi connectivity index (χ0) is 53.6. The predicted octanol–water partition coefficient (Wildman–Crippen LogP) is 21.0. The SMILES string of the molecule is CC/C=C\C/C=C\C/C=C\C/C=C\C/C=C\CCCCCC(=O)OCC(COC(=O)CCCCCCCCCCCCCCCCCCCC)OC(=O)CCCCCCCC/C=C\C/C=C\C/C=C\C/C=C\CC. The van der Waals surface area contributed by atoms with E-state index >= 15 is 0 Å². The third kappa shape index (κ3) is 59.0. The molecule has 0 amide bonds. The lowest BCUT2D eigenvalue weighted by Crippen LogP contribution is -2.30. The van der Waals surface area contributed by atoms with Gasteiger partial charge in [-0.2, -0.15) is 0 Å². The maximum atomic E-state index is 12.9. The largest absolute Gasteiger partial charge is 0.462 e. The van der Waals surface area contributed by atoms with Gasteiger partial charge in [0.2, 0.25) is 0 Å². The van der Waals surface area contributed by atoms with Gasteiger partial charge in [-0.15, -0.1) is 0 Å². The Bertz CT molecular complexity index is 1510. The molecule has 0 aliphatic rings. The maximum Gasteiger partial charge on any atom is 0.306 e. The second kappa shape index (κ2) is 61.6. The first kappa shape index (κ1) is 70.1. The van der Waals surface area contributed by atoms with Gasteiger partial charge in [0.05, 0.1) is 0 Å². The highest BCUT2D eigenvalue weighted by Crippen LogP contribution is 2.16. The lowest BCUT2D eigenvalue weighted by atomic mass is 10.0. The summed E-state index contributed by atoms with van der Waals surface area (Å²) in [6.07, 6.45) is 83.7. The van der Waals surface area contributed by atoms with E-state index in [1.54, 1.807) is 0 Å². The van der Waals surface area contributed by atoms with E-state index < -0.39 is 6.10 Å². The van der Waals surface area contributed by atoms with Gasteiger partial charge in [0.1, 0.15) is 13.2 Å². The molecule has 0 fully saturated rings. The van der Waals surface area contributed by atoms with Crippen LogP contribution in [0.25, 0.3) is 0 Å². The monoisotopic (exact) mass is 1030 g/mol. The molecular weight excluding hydrogens is 913 g/mol. The fourth-order valence-corrected chi connectivity index (χ4v) is 8.46. The Balaban J connectivity index is 4.47. The molecule has 0 aromatic rings. The molecule has 0 radical (unpaired) electrons. The molecule has 0 aliphatic carbocycles. The van der Waals surface area contributed by atoms with E-state index in [1.165, 1.54) is 109 Å². The summed E-state index contributed by atoms with van der Waals surface area (Å²) in [5.41, 5.74) is 0. The molecular formula is C68H114O6. The fourth-order valence-electron chi connectivity index (χ4n) is 8.46. The van der Waals surface area contributed by atoms with E-state index in [2.05, 4.69) is 130 Å². The van der Waals surface area contributed by atoms with Crippen molar-refractivity contribution in [3.8, 4) is 0 Å². The average molecular weight is 1030 g/mol. The van der Waals surface area contributed by atoms with E-state index in [0.29, 0.717) is 19.3 Å². The van der Waals surface area contributed by atoms with Crippen molar-refractivity contribution in [1.29, 1.82) is 0 Å². The molecule has 0 aromatic heterocycles. The summed E-state index contributed by atoms with van der Waals surface area (Å²) < 4.78 is 16.9. The fraction of sp³-hybridized carbons (Fsp3) is 0.691. The number of esters is 3. The first-order chi connectivity index (χ1) is 36.5. The average Bonchev–Trinajstić information content (AvgIpc) is 3.40. The van der Waals surface area contributed by atoms with Crippen molar-refractivity contribution in [3.63, 3.8) is 0 Å². The van der Waals surface area contributed by atoms with E-state index in [9.17, 15) is 14.4 Å². The zero-order valence-electron chi connectivity index (χ0n) is 48.3. The molecule has 0 N–H and O–H groups in total. The van der Waals surface area contributed by atoms with Crippen molar-refractivity contribution in [2.75, 3.05) is 13.2 Å². The number of carbonyl (C=O) groups excluding carboxylic acids is 3. The van der Waals surface area contributed by atoms with Crippen molar-refractivity contribution in [2.45, 2.75) is 290 Å². The van der Waals surface area contributed by atoms with Crippen LogP contribution >= 0.6 is 0 Å². The van der Waals surface area contributed by atoms with Crippen LogP contribution in [0.3, 0.4) is 0 Å². The van der Waals surface area contributed by atoms with Crippen molar-refractivity contribution < 1.29 is 28.6 Å². The Morgan fingerprint density at radius 2 is 0.527 bits per heavy atom. The summed E-state index contributed by atoms with van der Waals surface area (Å²) >= 11 is 0. The summed E-state index contributed by atoms with van der Waals surface area (Å²) in [5, 5.41) is 0. The van der Waals surface area contributed by atoms with Crippen LogP contribution in [0.15, 0.2) is 109 Å². The lowest BCUT2D eigenvalue weighted by Gasteiger charge is -2.18. The van der Waals surface area contributed by atoms with Gasteiger partial charge in [0, 0.05) is 19.3 Å². The topological polar surface area (TPSA) is 78.9 Å². The van der Waals surface area contributed by atoms with Crippen LogP contribution < -0.4 is 0 Å². The molecule has 0 spiro atoms. The van der Waals surface area contributed by atoms with Crippen molar-refractivity contribution >= 4 is 17.9 Å². The van der Waals surface area contributed by atoms with E-state index in [0.717, 1.165) is 135 Å². The third-order valence-corrected chi connectivity index (χ3v) is 13.0. The van der Waals surface area contributed by atoms with E-state index in [-0.39, 0.29) is 31.1 Å². The number of hydrogen-bond acceptors (Lipinski definition) is 6. The van der Waals surface area contributed by atoms with E-state index in [1.807, 2.05) is 0 Å². The molecule has 1 unspecified atom stereocenters. The third-order valence-electron chi connectivity index (χ3n) is 13.0. The molecule has 0 aliphatic heterocycles. The quantitative estimate of drug-likeness (QED) is 0.0261. The van der Waals surface area contributed by atoms with Crippen LogP contribution in [0.1, 0.15) is 284 Å². The highest BCUT2D eigenvalue weighted by Gasteiger charge is 2.19. The van der Waals surface area contributed by atoms with Crippen LogP contribution in [0.2, 0.25) is 0 Å². The van der Waals surface area contributed by atoms with Crippen molar-refractivity contribution in [1.82, 2.24) is 0 Å². The Morgan fingerprint density at radius 1 is 0.284 bits per heavy atom. The van der Waals surface area contributed by atoms with Gasteiger partial charge in [-0.05, 0) is 103 Å². The molecule has 1 atom stereocenters. The molecule has 6 heteroatoms. The second-order valence-corrected chi connectivity index (χ2v) is 20.2. The lowest BCUT2D eigenvalue weighted by molar-refractivity contribution is -0.167. The minimum absolute atomic E-state index is 0.0938. The first-order valence-electron chi connectivity index (χ1n) is 30.9. The number of hydrogen-bond donors (Lipinski definition) is 0. The van der Waals surface area contributed by atoms with Gasteiger partial charge in [-0.1, -0.05) is 271 Å². The summed E-state index contributed by atoms with van der Waals surface area (Å²) in [4.78, 5) is 38.3. The normalized spacial score (nSPS) is 12.9. The molecule has 0 rings (SSSR count). The van der Waals surface area contributed by atoms with Gasteiger partial charge in [0.15, 0.2) is 6.10 Å². The summed E-state index contributed by atoms with van der Waals surface area (Å²) in [5.74, 6) is -0.934. The zero-order valence-corrected chi connectivity index (χ0v) is 48.3. The smallest absolute Gasteiger partial charge is 0.306 e. The molecule has 0 saturated carbocycles. The Kier molecular flexibility index (Phi) is 58.3. The summed E-state index contributed by atoms with van der Waals surface area (Å²) in [6, 6.07) is 0. The summed E-state index contributed by atoms with van der Waals surface area (Å²) in [7, 11) is 0. The number of ether oxygens (including phenoxy) is 3. The number of rotatable bonds is 55. The molecule has 0 heterocycles.